The molecule has 16 heavy (non-hydrogen) atoms. The second-order valence-electron chi connectivity index (χ2n) is 4.19. The van der Waals surface area contributed by atoms with E-state index >= 15 is 0 Å². The zero-order chi connectivity index (χ0) is 12.9. The molecular formula is C10H16BrNO4. The lowest BCUT2D eigenvalue weighted by Gasteiger charge is -2.23. The van der Waals surface area contributed by atoms with E-state index in [2.05, 4.69) is 27.8 Å². The molecule has 0 bridgehead atoms. The number of rotatable bonds is 5. The Labute approximate surface area is 103 Å². The van der Waals surface area contributed by atoms with Crippen LogP contribution >= 0.6 is 15.9 Å². The van der Waals surface area contributed by atoms with E-state index in [4.69, 9.17) is 9.84 Å². The minimum absolute atomic E-state index is 0.336. The third-order valence-electron chi connectivity index (χ3n) is 1.41. The molecule has 0 aromatic carbocycles. The van der Waals surface area contributed by atoms with Crippen LogP contribution in [0.15, 0.2) is 11.1 Å². The van der Waals surface area contributed by atoms with Crippen molar-refractivity contribution in [1.82, 2.24) is 5.32 Å². The van der Waals surface area contributed by atoms with Gasteiger partial charge < -0.3 is 9.84 Å². The summed E-state index contributed by atoms with van der Waals surface area (Å²) in [5, 5.41) is 11.0. The third-order valence-corrected chi connectivity index (χ3v) is 1.87. The number of carbonyl (C=O) groups excluding carboxylic acids is 1. The molecular weight excluding hydrogens is 278 g/mol. The Balaban J connectivity index is 4.48. The number of ether oxygens (including phenoxy) is 1. The highest BCUT2D eigenvalue weighted by molar-refractivity contribution is 9.11. The van der Waals surface area contributed by atoms with E-state index in [0.29, 0.717) is 4.48 Å². The number of aliphatic carboxylic acids is 1. The molecule has 92 valence electrons. The number of carbonyl (C=O) groups is 2. The zero-order valence-corrected chi connectivity index (χ0v) is 11.1. The Kier molecular flexibility index (Phi) is 5.67. The van der Waals surface area contributed by atoms with E-state index in [9.17, 15) is 9.59 Å². The van der Waals surface area contributed by atoms with Crippen LogP contribution in [0.3, 0.4) is 0 Å². The molecule has 2 N–H and O–H groups in total. The van der Waals surface area contributed by atoms with Crippen LogP contribution in [0, 0.1) is 0 Å². The van der Waals surface area contributed by atoms with E-state index < -0.39 is 23.6 Å². The van der Waals surface area contributed by atoms with Crippen molar-refractivity contribution >= 4 is 27.9 Å². The topological polar surface area (TPSA) is 75.6 Å². The first kappa shape index (κ1) is 15.1. The summed E-state index contributed by atoms with van der Waals surface area (Å²) in [6.07, 6.45) is 0. The van der Waals surface area contributed by atoms with E-state index in [1.54, 1.807) is 20.8 Å². The van der Waals surface area contributed by atoms with Crippen LogP contribution in [0.1, 0.15) is 20.8 Å². The molecule has 0 saturated heterocycles. The molecule has 1 atom stereocenters. The molecule has 0 aromatic rings. The lowest BCUT2D eigenvalue weighted by Crippen LogP contribution is -2.43. The summed E-state index contributed by atoms with van der Waals surface area (Å²) < 4.78 is 5.44. The van der Waals surface area contributed by atoms with Gasteiger partial charge in [0.25, 0.3) is 0 Å². The van der Waals surface area contributed by atoms with Crippen molar-refractivity contribution in [1.29, 1.82) is 0 Å². The molecule has 0 fully saturated rings. The van der Waals surface area contributed by atoms with Crippen molar-refractivity contribution in [2.45, 2.75) is 32.4 Å². The van der Waals surface area contributed by atoms with Crippen molar-refractivity contribution < 1.29 is 19.4 Å². The number of hydrogen-bond acceptors (Lipinski definition) is 4. The molecule has 0 spiro atoms. The minimum Gasteiger partial charge on any atom is -0.480 e. The van der Waals surface area contributed by atoms with Crippen molar-refractivity contribution in [3.05, 3.63) is 11.1 Å². The van der Waals surface area contributed by atoms with Crippen molar-refractivity contribution in [2.75, 3.05) is 6.54 Å². The molecule has 0 radical (unpaired) electrons. The summed E-state index contributed by atoms with van der Waals surface area (Å²) in [5.41, 5.74) is -0.622. The first-order chi connectivity index (χ1) is 7.13. The molecule has 0 aliphatic heterocycles. The average molecular weight is 294 g/mol. The van der Waals surface area contributed by atoms with Crippen molar-refractivity contribution in [3.63, 3.8) is 0 Å². The first-order valence-corrected chi connectivity index (χ1v) is 5.45. The van der Waals surface area contributed by atoms with Gasteiger partial charge in [-0.2, -0.15) is 0 Å². The Morgan fingerprint density at radius 3 is 2.31 bits per heavy atom. The van der Waals surface area contributed by atoms with Crippen molar-refractivity contribution in [2.24, 2.45) is 0 Å². The van der Waals surface area contributed by atoms with Gasteiger partial charge in [-0.05, 0) is 20.8 Å². The predicted octanol–water partition coefficient (Wildman–Crippen LogP) is 1.28. The number of hydrogen-bond donors (Lipinski definition) is 2. The Hall–Kier alpha value is -0.880. The van der Waals surface area contributed by atoms with Crippen LogP contribution in [-0.4, -0.2) is 35.2 Å². The number of halogens is 1. The second-order valence-corrected chi connectivity index (χ2v) is 5.21. The van der Waals surface area contributed by atoms with E-state index in [1.165, 1.54) is 0 Å². The predicted molar refractivity (Wildman–Crippen MR) is 63.3 cm³/mol. The molecule has 0 rings (SSSR count). The molecule has 1 unspecified atom stereocenters. The summed E-state index contributed by atoms with van der Waals surface area (Å²) in [6, 6.07) is -0.865. The Bertz CT molecular complexity index is 296. The van der Waals surface area contributed by atoms with Gasteiger partial charge in [0.1, 0.15) is 11.6 Å². The fraction of sp³-hybridized carbons (Fsp3) is 0.600. The second kappa shape index (κ2) is 6.00. The van der Waals surface area contributed by atoms with E-state index in [1.807, 2.05) is 0 Å². The van der Waals surface area contributed by atoms with Crippen LogP contribution in [-0.2, 0) is 14.3 Å². The highest BCUT2D eigenvalue weighted by atomic mass is 79.9. The summed E-state index contributed by atoms with van der Waals surface area (Å²) in [6.45, 7) is 8.40. The molecule has 6 heteroatoms. The van der Waals surface area contributed by atoms with Gasteiger partial charge in [0.15, 0.2) is 0 Å². The smallest absolute Gasteiger partial charge is 0.328 e. The van der Waals surface area contributed by atoms with Crippen LogP contribution in [0.25, 0.3) is 0 Å². The Morgan fingerprint density at radius 2 is 2.00 bits per heavy atom. The van der Waals surface area contributed by atoms with Gasteiger partial charge in [0.2, 0.25) is 0 Å². The Morgan fingerprint density at radius 1 is 1.50 bits per heavy atom. The lowest BCUT2D eigenvalue weighted by molar-refractivity contribution is -0.156. The van der Waals surface area contributed by atoms with Crippen LogP contribution in [0.2, 0.25) is 0 Å². The highest BCUT2D eigenvalue weighted by Gasteiger charge is 2.26. The largest absolute Gasteiger partial charge is 0.480 e. The molecule has 0 amide bonds. The highest BCUT2D eigenvalue weighted by Crippen LogP contribution is 2.14. The summed E-state index contributed by atoms with van der Waals surface area (Å²) >= 11 is 3.05. The summed E-state index contributed by atoms with van der Waals surface area (Å²) in [7, 11) is 0. The van der Waals surface area contributed by atoms with Crippen LogP contribution in [0.4, 0.5) is 0 Å². The molecule has 0 aliphatic rings. The first-order valence-electron chi connectivity index (χ1n) is 4.66. The van der Waals surface area contributed by atoms with Gasteiger partial charge in [0, 0.05) is 4.48 Å². The number of esters is 1. The number of carboxylic acid groups (broad SMARTS) is 1. The lowest BCUT2D eigenvalue weighted by atomic mass is 10.2. The maximum absolute atomic E-state index is 11.6. The quantitative estimate of drug-likeness (QED) is 0.747. The molecule has 0 saturated carbocycles. The fourth-order valence-electron chi connectivity index (χ4n) is 0.872. The van der Waals surface area contributed by atoms with Crippen LogP contribution in [0.5, 0.6) is 0 Å². The maximum Gasteiger partial charge on any atom is 0.328 e. The monoisotopic (exact) mass is 293 g/mol. The maximum atomic E-state index is 11.6. The zero-order valence-electron chi connectivity index (χ0n) is 9.54. The SMILES string of the molecule is C=C(Br)C(NCC(=O)O)C(=O)OC(C)(C)C. The molecule has 0 heterocycles. The van der Waals surface area contributed by atoms with Gasteiger partial charge in [-0.25, -0.2) is 4.79 Å². The third kappa shape index (κ3) is 6.58. The number of nitrogens with one attached hydrogen (secondary N) is 1. The van der Waals surface area contributed by atoms with Gasteiger partial charge in [-0.15, -0.1) is 0 Å². The fourth-order valence-corrected chi connectivity index (χ4v) is 1.22. The standard InChI is InChI=1S/C10H16BrNO4/c1-6(11)8(12-5-7(13)14)9(15)16-10(2,3)4/h8,12H,1,5H2,2-4H3,(H,13,14). The molecule has 0 aromatic heterocycles. The van der Waals surface area contributed by atoms with Gasteiger partial charge in [-0.1, -0.05) is 22.5 Å². The average Bonchev–Trinajstić information content (AvgIpc) is 1.98. The van der Waals surface area contributed by atoms with Gasteiger partial charge >= 0.3 is 11.9 Å². The van der Waals surface area contributed by atoms with Gasteiger partial charge in [0.05, 0.1) is 6.54 Å². The summed E-state index contributed by atoms with van der Waals surface area (Å²) in [4.78, 5) is 22.0. The van der Waals surface area contributed by atoms with Crippen LogP contribution < -0.4 is 5.32 Å². The molecule has 0 aliphatic carbocycles. The normalized spacial score (nSPS) is 13.0. The summed E-state index contributed by atoms with van der Waals surface area (Å²) in [5.74, 6) is -1.61. The van der Waals surface area contributed by atoms with Crippen molar-refractivity contribution in [3.8, 4) is 0 Å². The van der Waals surface area contributed by atoms with E-state index in [-0.39, 0.29) is 6.54 Å². The minimum atomic E-state index is -1.05. The van der Waals surface area contributed by atoms with Gasteiger partial charge in [-0.3, -0.25) is 10.1 Å². The number of carboxylic acids is 1. The molecule has 5 nitrogen and oxygen atoms in total. The van der Waals surface area contributed by atoms with E-state index in [0.717, 1.165) is 0 Å².